The summed E-state index contributed by atoms with van der Waals surface area (Å²) in [4.78, 5) is 12.5. The summed E-state index contributed by atoms with van der Waals surface area (Å²) in [6.07, 6.45) is 12.5. The zero-order valence-electron chi connectivity index (χ0n) is 22.6. The zero-order chi connectivity index (χ0) is 25.4. The van der Waals surface area contributed by atoms with Crippen LogP contribution in [0.4, 0.5) is 0 Å². The number of unbranched alkanes of at least 4 members (excludes halogenated alkanes) is 7. The van der Waals surface area contributed by atoms with Gasteiger partial charge in [-0.15, -0.1) is 0 Å². The maximum Gasteiger partial charge on any atom is 0.311 e. The van der Waals surface area contributed by atoms with Crippen LogP contribution in [0.2, 0.25) is 0 Å². The van der Waals surface area contributed by atoms with Crippen LogP contribution in [-0.2, 0) is 22.5 Å². The van der Waals surface area contributed by atoms with Gasteiger partial charge in [0.15, 0.2) is 0 Å². The molecule has 4 nitrogen and oxygen atoms in total. The van der Waals surface area contributed by atoms with Crippen molar-refractivity contribution in [3.63, 3.8) is 0 Å². The van der Waals surface area contributed by atoms with Gasteiger partial charge in [0.2, 0.25) is 6.79 Å². The molecule has 0 fully saturated rings. The molecule has 35 heavy (non-hydrogen) atoms. The van der Waals surface area contributed by atoms with Gasteiger partial charge in [0, 0.05) is 12.0 Å². The molecule has 2 rings (SSSR count). The standard InChI is InChI=1S/C31H48NO3/c1-5-6-7-8-9-10-11-13-17-28-20-16-21-30(24-28)34-26-35-31(33)27(2)22-23-32(3,4)25-29-18-14-12-15-19-29/h12,14-16,18-21,24,27H,5-11,13,17,22-23,25-26H2,1-4H3/q+1. The summed E-state index contributed by atoms with van der Waals surface area (Å²) in [6, 6.07) is 18.7. The predicted octanol–water partition coefficient (Wildman–Crippen LogP) is 7.55. The molecule has 1 atom stereocenters. The van der Waals surface area contributed by atoms with Gasteiger partial charge >= 0.3 is 5.97 Å². The Morgan fingerprint density at radius 3 is 2.23 bits per heavy atom. The van der Waals surface area contributed by atoms with Crippen molar-refractivity contribution in [1.29, 1.82) is 0 Å². The van der Waals surface area contributed by atoms with Gasteiger partial charge in [-0.3, -0.25) is 4.79 Å². The van der Waals surface area contributed by atoms with Crippen LogP contribution in [0.25, 0.3) is 0 Å². The van der Waals surface area contributed by atoms with Crippen LogP contribution >= 0.6 is 0 Å². The molecule has 0 aliphatic carbocycles. The van der Waals surface area contributed by atoms with Crippen molar-refractivity contribution in [1.82, 2.24) is 0 Å². The van der Waals surface area contributed by atoms with E-state index in [-0.39, 0.29) is 18.7 Å². The van der Waals surface area contributed by atoms with Gasteiger partial charge in [0.1, 0.15) is 12.3 Å². The molecule has 0 spiro atoms. The lowest BCUT2D eigenvalue weighted by atomic mass is 10.0. The highest BCUT2D eigenvalue weighted by Crippen LogP contribution is 2.18. The van der Waals surface area contributed by atoms with E-state index in [1.54, 1.807) is 0 Å². The quantitative estimate of drug-likeness (QED) is 0.0952. The van der Waals surface area contributed by atoms with Gasteiger partial charge in [0.05, 0.1) is 26.6 Å². The fourth-order valence-electron chi connectivity index (χ4n) is 4.37. The Kier molecular flexibility index (Phi) is 13.5. The molecule has 0 N–H and O–H groups in total. The van der Waals surface area contributed by atoms with Gasteiger partial charge in [-0.25, -0.2) is 0 Å². The Hall–Kier alpha value is -2.33. The number of carbonyl (C=O) groups excluding carboxylic acids is 1. The van der Waals surface area contributed by atoms with E-state index in [0.29, 0.717) is 0 Å². The number of rotatable bonds is 18. The van der Waals surface area contributed by atoms with E-state index >= 15 is 0 Å². The van der Waals surface area contributed by atoms with Crippen molar-refractivity contribution in [2.75, 3.05) is 27.4 Å². The first-order chi connectivity index (χ1) is 16.9. The molecule has 0 aliphatic rings. The molecule has 0 radical (unpaired) electrons. The van der Waals surface area contributed by atoms with Gasteiger partial charge in [-0.05, 0) is 30.5 Å². The molecule has 0 aliphatic heterocycles. The van der Waals surface area contributed by atoms with E-state index < -0.39 is 0 Å². The molecule has 4 heteroatoms. The average Bonchev–Trinajstić information content (AvgIpc) is 2.85. The number of nitrogens with zero attached hydrogens (tertiary/aromatic N) is 1. The largest absolute Gasteiger partial charge is 0.457 e. The molecule has 194 valence electrons. The first-order valence-electron chi connectivity index (χ1n) is 13.6. The van der Waals surface area contributed by atoms with Crippen LogP contribution in [-0.4, -0.2) is 37.9 Å². The Balaban J connectivity index is 1.62. The monoisotopic (exact) mass is 482 g/mol. The van der Waals surface area contributed by atoms with Gasteiger partial charge < -0.3 is 14.0 Å². The summed E-state index contributed by atoms with van der Waals surface area (Å²) in [5.74, 6) is 0.420. The molecule has 2 aromatic rings. The Morgan fingerprint density at radius 2 is 1.51 bits per heavy atom. The van der Waals surface area contributed by atoms with Crippen molar-refractivity contribution in [3.05, 3.63) is 65.7 Å². The molecule has 0 heterocycles. The molecular weight excluding hydrogens is 434 g/mol. The zero-order valence-corrected chi connectivity index (χ0v) is 22.6. The normalized spacial score (nSPS) is 12.3. The lowest BCUT2D eigenvalue weighted by Gasteiger charge is -2.30. The first-order valence-corrected chi connectivity index (χ1v) is 13.6. The summed E-state index contributed by atoms with van der Waals surface area (Å²) in [7, 11) is 4.41. The molecule has 0 amide bonds. The number of hydrogen-bond acceptors (Lipinski definition) is 3. The Bertz CT molecular complexity index is 834. The predicted molar refractivity (Wildman–Crippen MR) is 145 cm³/mol. The minimum Gasteiger partial charge on any atom is -0.457 e. The van der Waals surface area contributed by atoms with Crippen molar-refractivity contribution < 1.29 is 18.8 Å². The Labute approximate surface area is 214 Å². The lowest BCUT2D eigenvalue weighted by molar-refractivity contribution is -0.904. The van der Waals surface area contributed by atoms with Crippen molar-refractivity contribution in [2.24, 2.45) is 5.92 Å². The minimum absolute atomic E-state index is 0.0351. The van der Waals surface area contributed by atoms with Crippen molar-refractivity contribution in [2.45, 2.75) is 84.6 Å². The Morgan fingerprint density at radius 1 is 0.857 bits per heavy atom. The van der Waals surface area contributed by atoms with Gasteiger partial charge in [-0.1, -0.05) is 101 Å². The molecule has 1 unspecified atom stereocenters. The smallest absolute Gasteiger partial charge is 0.311 e. The number of esters is 1. The average molecular weight is 483 g/mol. The van der Waals surface area contributed by atoms with E-state index in [4.69, 9.17) is 9.47 Å². The van der Waals surface area contributed by atoms with Crippen LogP contribution in [0.1, 0.15) is 82.8 Å². The van der Waals surface area contributed by atoms with Crippen LogP contribution in [0.3, 0.4) is 0 Å². The maximum absolute atomic E-state index is 12.5. The third-order valence-electron chi connectivity index (χ3n) is 6.67. The molecule has 0 saturated heterocycles. The highest BCUT2D eigenvalue weighted by molar-refractivity contribution is 5.71. The highest BCUT2D eigenvalue weighted by Gasteiger charge is 2.21. The summed E-state index contributed by atoms with van der Waals surface area (Å²) < 4.78 is 12.0. The summed E-state index contributed by atoms with van der Waals surface area (Å²) in [6.45, 7) is 6.02. The second-order valence-electron chi connectivity index (χ2n) is 10.6. The second-order valence-corrected chi connectivity index (χ2v) is 10.6. The SMILES string of the molecule is CCCCCCCCCCc1cccc(OCOC(=O)C(C)CC[N+](C)(C)Cc2ccccc2)c1. The molecule has 0 saturated carbocycles. The number of quaternary nitrogens is 1. The van der Waals surface area contributed by atoms with E-state index in [1.807, 2.05) is 25.1 Å². The van der Waals surface area contributed by atoms with Crippen LogP contribution < -0.4 is 4.74 Å². The number of ether oxygens (including phenoxy) is 2. The number of aryl methyl sites for hydroxylation is 1. The topological polar surface area (TPSA) is 35.5 Å². The summed E-state index contributed by atoms with van der Waals surface area (Å²) in [5.41, 5.74) is 2.59. The fourth-order valence-corrected chi connectivity index (χ4v) is 4.37. The van der Waals surface area contributed by atoms with Crippen molar-refractivity contribution in [3.8, 4) is 5.75 Å². The molecule has 0 aromatic heterocycles. The molecule has 2 aromatic carbocycles. The number of carbonyl (C=O) groups is 1. The third kappa shape index (κ3) is 12.8. The van der Waals surface area contributed by atoms with Crippen LogP contribution in [0.15, 0.2) is 54.6 Å². The number of hydrogen-bond donors (Lipinski definition) is 0. The van der Waals surface area contributed by atoms with Crippen LogP contribution in [0, 0.1) is 5.92 Å². The summed E-state index contributed by atoms with van der Waals surface area (Å²) in [5, 5.41) is 0. The second kappa shape index (κ2) is 16.4. The third-order valence-corrected chi connectivity index (χ3v) is 6.67. The van der Waals surface area contributed by atoms with Gasteiger partial charge in [0.25, 0.3) is 0 Å². The van der Waals surface area contributed by atoms with Crippen LogP contribution in [0.5, 0.6) is 5.75 Å². The fraction of sp³-hybridized carbons (Fsp3) is 0.581. The lowest BCUT2D eigenvalue weighted by Crippen LogP contribution is -2.40. The number of benzene rings is 2. The minimum atomic E-state index is -0.195. The highest BCUT2D eigenvalue weighted by atomic mass is 16.7. The van der Waals surface area contributed by atoms with E-state index in [0.717, 1.165) is 36.2 Å². The van der Waals surface area contributed by atoms with Crippen molar-refractivity contribution >= 4 is 5.97 Å². The molecular formula is C31H48NO3+. The van der Waals surface area contributed by atoms with E-state index in [1.165, 1.54) is 62.5 Å². The maximum atomic E-state index is 12.5. The molecule has 0 bridgehead atoms. The summed E-state index contributed by atoms with van der Waals surface area (Å²) >= 11 is 0. The first kappa shape index (κ1) is 28.9. The van der Waals surface area contributed by atoms with Gasteiger partial charge in [-0.2, -0.15) is 0 Å². The van der Waals surface area contributed by atoms with E-state index in [2.05, 4.69) is 57.4 Å². The van der Waals surface area contributed by atoms with E-state index in [9.17, 15) is 4.79 Å².